The van der Waals surface area contributed by atoms with Gasteiger partial charge in [0.2, 0.25) is 11.8 Å². The van der Waals surface area contributed by atoms with Gasteiger partial charge in [-0.3, -0.25) is 19.7 Å². The lowest BCUT2D eigenvalue weighted by Gasteiger charge is -2.52. The average molecular weight is 489 g/mol. The van der Waals surface area contributed by atoms with Gasteiger partial charge in [0.15, 0.2) is 0 Å². The van der Waals surface area contributed by atoms with Gasteiger partial charge in [-0.25, -0.2) is 4.90 Å². The van der Waals surface area contributed by atoms with Gasteiger partial charge in [0.25, 0.3) is 5.69 Å². The molecule has 2 amide bonds. The van der Waals surface area contributed by atoms with Crippen LogP contribution in [0.3, 0.4) is 0 Å². The summed E-state index contributed by atoms with van der Waals surface area (Å²) in [5, 5.41) is 11.1. The second kappa shape index (κ2) is 6.36. The zero-order valence-corrected chi connectivity index (χ0v) is 18.6. The molecule has 7 heteroatoms. The van der Waals surface area contributed by atoms with Crippen LogP contribution in [0.4, 0.5) is 11.4 Å². The maximum atomic E-state index is 13.9. The number of nitrogens with zero attached hydrogens (tertiary/aromatic N) is 2. The summed E-state index contributed by atoms with van der Waals surface area (Å²) in [5.41, 5.74) is 3.98. The smallest absolute Gasteiger partial charge is 0.270 e. The highest BCUT2D eigenvalue weighted by atomic mass is 79.9. The van der Waals surface area contributed by atoms with E-state index in [1.807, 2.05) is 24.3 Å². The molecule has 0 saturated carbocycles. The lowest BCUT2D eigenvalue weighted by molar-refractivity contribution is -0.384. The number of halogens is 1. The van der Waals surface area contributed by atoms with Crippen LogP contribution in [0.25, 0.3) is 0 Å². The fraction of sp³-hybridized carbons (Fsp3) is 0.200. The van der Waals surface area contributed by atoms with Crippen LogP contribution in [0.2, 0.25) is 0 Å². The van der Waals surface area contributed by atoms with Crippen molar-refractivity contribution in [2.45, 2.75) is 18.3 Å². The van der Waals surface area contributed by atoms with Crippen molar-refractivity contribution < 1.29 is 14.5 Å². The van der Waals surface area contributed by atoms with Gasteiger partial charge in [0, 0.05) is 27.9 Å². The first-order chi connectivity index (χ1) is 15.4. The third-order valence-electron chi connectivity index (χ3n) is 7.43. The van der Waals surface area contributed by atoms with Crippen LogP contribution >= 0.6 is 15.9 Å². The Kier molecular flexibility index (Phi) is 3.85. The molecule has 2 bridgehead atoms. The summed E-state index contributed by atoms with van der Waals surface area (Å²) in [6.07, 6.45) is 0. The number of carbonyl (C=O) groups excluding carboxylic acids is 2. The van der Waals surface area contributed by atoms with Crippen LogP contribution in [-0.4, -0.2) is 16.7 Å². The Morgan fingerprint density at radius 3 is 2.09 bits per heavy atom. The van der Waals surface area contributed by atoms with E-state index in [9.17, 15) is 19.7 Å². The number of amides is 2. The Balaban J connectivity index is 1.57. The Morgan fingerprint density at radius 1 is 0.938 bits per heavy atom. The van der Waals surface area contributed by atoms with Crippen molar-refractivity contribution in [2.75, 3.05) is 4.90 Å². The second-order valence-corrected chi connectivity index (χ2v) is 9.62. The minimum atomic E-state index is -0.638. The van der Waals surface area contributed by atoms with Gasteiger partial charge in [0.1, 0.15) is 0 Å². The van der Waals surface area contributed by atoms with Crippen molar-refractivity contribution in [3.05, 3.63) is 104 Å². The van der Waals surface area contributed by atoms with Gasteiger partial charge in [-0.05, 0) is 44.3 Å². The number of rotatable bonds is 2. The summed E-state index contributed by atoms with van der Waals surface area (Å²) in [6.45, 7) is 2.07. The third kappa shape index (κ3) is 2.19. The molecule has 0 radical (unpaired) electrons. The van der Waals surface area contributed by atoms with E-state index in [-0.39, 0.29) is 23.4 Å². The van der Waals surface area contributed by atoms with E-state index in [2.05, 4.69) is 47.1 Å². The van der Waals surface area contributed by atoms with E-state index in [1.165, 1.54) is 23.1 Å². The molecule has 0 N–H and O–H groups in total. The molecule has 7 rings (SSSR count). The average Bonchev–Trinajstić information content (AvgIpc) is 3.06. The highest BCUT2D eigenvalue weighted by Crippen LogP contribution is 2.64. The summed E-state index contributed by atoms with van der Waals surface area (Å²) >= 11 is 3.35. The highest BCUT2D eigenvalue weighted by Gasteiger charge is 2.66. The highest BCUT2D eigenvalue weighted by molar-refractivity contribution is 9.10. The van der Waals surface area contributed by atoms with Crippen molar-refractivity contribution in [3.8, 4) is 0 Å². The summed E-state index contributed by atoms with van der Waals surface area (Å²) in [7, 11) is 0. The molecule has 1 fully saturated rings. The first-order valence-corrected chi connectivity index (χ1v) is 11.2. The molecule has 3 aromatic carbocycles. The monoisotopic (exact) mass is 488 g/mol. The molecule has 0 unspecified atom stereocenters. The standard InChI is InChI=1S/C25H17BrN2O4/c1-25-16-8-4-2-6-14(16)20(15-7-3-5-9-17(15)25)21-22(25)24(30)27(23(21)29)19-11-10-13(28(31)32)12-18(19)26/h2-12,20-22H,1H3/t20?,21-,22-,25?/m1/s1. The van der Waals surface area contributed by atoms with Gasteiger partial charge in [-0.15, -0.1) is 0 Å². The molecule has 4 aliphatic rings. The van der Waals surface area contributed by atoms with Crippen molar-refractivity contribution in [1.82, 2.24) is 0 Å². The number of carbonyl (C=O) groups is 2. The number of benzene rings is 3. The van der Waals surface area contributed by atoms with Crippen molar-refractivity contribution in [1.29, 1.82) is 0 Å². The fourth-order valence-corrected chi connectivity index (χ4v) is 6.72. The van der Waals surface area contributed by atoms with Gasteiger partial charge in [-0.2, -0.15) is 0 Å². The Labute approximate surface area is 192 Å². The SMILES string of the molecule is CC12c3ccccc3C(c3ccccc31)[C@H]1C(=O)N(c3ccc([N+](=O)[O-])cc3Br)C(=O)[C@@H]12. The van der Waals surface area contributed by atoms with Gasteiger partial charge >= 0.3 is 0 Å². The van der Waals surface area contributed by atoms with E-state index in [0.717, 1.165) is 22.3 Å². The van der Waals surface area contributed by atoms with E-state index in [4.69, 9.17) is 0 Å². The number of nitro groups is 1. The van der Waals surface area contributed by atoms with E-state index in [0.29, 0.717) is 10.2 Å². The molecule has 3 aromatic rings. The van der Waals surface area contributed by atoms with Gasteiger partial charge in [0.05, 0.1) is 22.4 Å². The number of hydrogen-bond acceptors (Lipinski definition) is 4. The molecule has 3 aliphatic carbocycles. The maximum Gasteiger partial charge on any atom is 0.270 e. The van der Waals surface area contributed by atoms with Crippen LogP contribution in [0.5, 0.6) is 0 Å². The van der Waals surface area contributed by atoms with Crippen LogP contribution in [0.1, 0.15) is 35.1 Å². The lowest BCUT2D eigenvalue weighted by Crippen LogP contribution is -2.51. The summed E-state index contributed by atoms with van der Waals surface area (Å²) in [5.74, 6) is -1.76. The van der Waals surface area contributed by atoms with Crippen molar-refractivity contribution in [3.63, 3.8) is 0 Å². The predicted octanol–water partition coefficient (Wildman–Crippen LogP) is 4.93. The molecule has 1 saturated heterocycles. The van der Waals surface area contributed by atoms with Gasteiger partial charge in [-0.1, -0.05) is 55.5 Å². The second-order valence-electron chi connectivity index (χ2n) is 8.76. The molecule has 158 valence electrons. The molecule has 1 heterocycles. The molecule has 2 atom stereocenters. The van der Waals surface area contributed by atoms with Crippen LogP contribution in [0, 0.1) is 22.0 Å². The van der Waals surface area contributed by atoms with Crippen LogP contribution in [0.15, 0.2) is 71.2 Å². The minimum Gasteiger partial charge on any atom is -0.274 e. The maximum absolute atomic E-state index is 13.9. The summed E-state index contributed by atoms with van der Waals surface area (Å²) in [6, 6.07) is 20.3. The van der Waals surface area contributed by atoms with Crippen LogP contribution in [-0.2, 0) is 15.0 Å². The number of hydrogen-bond donors (Lipinski definition) is 0. The number of non-ortho nitro benzene ring substituents is 1. The van der Waals surface area contributed by atoms with E-state index >= 15 is 0 Å². The number of nitro benzene ring substituents is 1. The quantitative estimate of drug-likeness (QED) is 0.291. The largest absolute Gasteiger partial charge is 0.274 e. The molecule has 0 aromatic heterocycles. The number of anilines is 1. The molecular formula is C25H17BrN2O4. The first kappa shape index (κ1) is 19.4. The molecule has 1 aliphatic heterocycles. The predicted molar refractivity (Wildman–Crippen MR) is 121 cm³/mol. The van der Waals surface area contributed by atoms with E-state index < -0.39 is 22.2 Å². The third-order valence-corrected chi connectivity index (χ3v) is 8.06. The van der Waals surface area contributed by atoms with Crippen molar-refractivity contribution >= 4 is 39.1 Å². The summed E-state index contributed by atoms with van der Waals surface area (Å²) < 4.78 is 0.347. The van der Waals surface area contributed by atoms with Gasteiger partial charge < -0.3 is 0 Å². The van der Waals surface area contributed by atoms with E-state index in [1.54, 1.807) is 0 Å². The molecule has 32 heavy (non-hydrogen) atoms. The summed E-state index contributed by atoms with van der Waals surface area (Å²) in [4.78, 5) is 39.6. The van der Waals surface area contributed by atoms with Crippen LogP contribution < -0.4 is 4.90 Å². The number of imide groups is 1. The fourth-order valence-electron chi connectivity index (χ4n) is 6.18. The Hall–Kier alpha value is -3.32. The lowest BCUT2D eigenvalue weighted by atomic mass is 9.48. The zero-order chi connectivity index (χ0) is 22.4. The molecule has 6 nitrogen and oxygen atoms in total. The zero-order valence-electron chi connectivity index (χ0n) is 17.0. The normalized spacial score (nSPS) is 27.2. The van der Waals surface area contributed by atoms with Crippen molar-refractivity contribution in [2.24, 2.45) is 11.8 Å². The Morgan fingerprint density at radius 2 is 1.53 bits per heavy atom. The molecule has 0 spiro atoms. The first-order valence-electron chi connectivity index (χ1n) is 10.4. The Bertz CT molecular complexity index is 1320. The topological polar surface area (TPSA) is 80.5 Å². The molecular weight excluding hydrogens is 472 g/mol. The minimum absolute atomic E-state index is 0.107.